The molecule has 1 N–H and O–H groups in total. The van der Waals surface area contributed by atoms with E-state index in [4.69, 9.17) is 11.6 Å². The molecule has 0 aliphatic carbocycles. The molecule has 0 unspecified atom stereocenters. The van der Waals surface area contributed by atoms with Crippen LogP contribution >= 0.6 is 11.6 Å². The molecule has 0 atom stereocenters. The Kier molecular flexibility index (Phi) is 4.15. The zero-order valence-electron chi connectivity index (χ0n) is 10.6. The van der Waals surface area contributed by atoms with Gasteiger partial charge in [0.2, 0.25) is 0 Å². The summed E-state index contributed by atoms with van der Waals surface area (Å²) in [6.45, 7) is 5.04. The first-order valence-electron chi connectivity index (χ1n) is 6.03. The van der Waals surface area contributed by atoms with Crippen molar-refractivity contribution in [3.8, 4) is 11.3 Å². The minimum Gasteiger partial charge on any atom is -0.368 e. The largest absolute Gasteiger partial charge is 0.368 e. The summed E-state index contributed by atoms with van der Waals surface area (Å²) in [5, 5.41) is 4.04. The number of hydrogen-bond acceptors (Lipinski definition) is 3. The minimum atomic E-state index is 0.739. The van der Waals surface area contributed by atoms with Crippen molar-refractivity contribution in [1.82, 2.24) is 9.97 Å². The maximum Gasteiger partial charge on any atom is 0.152 e. The van der Waals surface area contributed by atoms with E-state index in [2.05, 4.69) is 22.2 Å². The summed E-state index contributed by atoms with van der Waals surface area (Å²) in [6, 6.07) is 5.80. The number of nitrogens with one attached hydrogen (secondary N) is 1. The lowest BCUT2D eigenvalue weighted by molar-refractivity contribution is 0.965. The molecule has 94 valence electrons. The molecule has 2 rings (SSSR count). The van der Waals surface area contributed by atoms with Gasteiger partial charge < -0.3 is 5.32 Å². The lowest BCUT2D eigenvalue weighted by Crippen LogP contribution is -2.05. The Labute approximate surface area is 112 Å². The van der Waals surface area contributed by atoms with Gasteiger partial charge in [0.05, 0.1) is 0 Å². The van der Waals surface area contributed by atoms with E-state index in [0.29, 0.717) is 0 Å². The fourth-order valence-electron chi connectivity index (χ4n) is 1.80. The van der Waals surface area contributed by atoms with Crippen molar-refractivity contribution < 1.29 is 0 Å². The second-order valence-electron chi connectivity index (χ2n) is 4.14. The van der Waals surface area contributed by atoms with Gasteiger partial charge in [0.1, 0.15) is 5.69 Å². The highest BCUT2D eigenvalue weighted by Gasteiger charge is 2.09. The van der Waals surface area contributed by atoms with Crippen LogP contribution in [0.1, 0.15) is 18.9 Å². The van der Waals surface area contributed by atoms with Crippen LogP contribution in [-0.2, 0) is 0 Å². The number of aromatic nitrogens is 2. The van der Waals surface area contributed by atoms with Gasteiger partial charge in [0.15, 0.2) is 5.82 Å². The van der Waals surface area contributed by atoms with E-state index in [-0.39, 0.29) is 0 Å². The smallest absolute Gasteiger partial charge is 0.152 e. The first-order valence-corrected chi connectivity index (χ1v) is 6.41. The van der Waals surface area contributed by atoms with Crippen LogP contribution in [0.2, 0.25) is 5.02 Å². The summed E-state index contributed by atoms with van der Waals surface area (Å²) in [4.78, 5) is 8.77. The normalized spacial score (nSPS) is 10.4. The molecule has 2 aromatic rings. The van der Waals surface area contributed by atoms with Crippen molar-refractivity contribution in [3.05, 3.63) is 41.2 Å². The summed E-state index contributed by atoms with van der Waals surface area (Å²) in [5.41, 5.74) is 3.04. The van der Waals surface area contributed by atoms with Gasteiger partial charge in [0.25, 0.3) is 0 Å². The molecule has 0 fully saturated rings. The van der Waals surface area contributed by atoms with Gasteiger partial charge >= 0.3 is 0 Å². The number of aryl methyl sites for hydroxylation is 1. The quantitative estimate of drug-likeness (QED) is 0.906. The lowest BCUT2D eigenvalue weighted by Gasteiger charge is -2.11. The predicted molar refractivity (Wildman–Crippen MR) is 76.0 cm³/mol. The third kappa shape index (κ3) is 2.79. The van der Waals surface area contributed by atoms with Crippen molar-refractivity contribution in [2.45, 2.75) is 20.3 Å². The van der Waals surface area contributed by atoms with Gasteiger partial charge in [-0.1, -0.05) is 24.6 Å². The van der Waals surface area contributed by atoms with E-state index in [9.17, 15) is 0 Å². The first kappa shape index (κ1) is 12.8. The first-order chi connectivity index (χ1) is 8.72. The summed E-state index contributed by atoms with van der Waals surface area (Å²) >= 11 is 5.98. The van der Waals surface area contributed by atoms with Crippen LogP contribution in [0.25, 0.3) is 11.3 Å². The van der Waals surface area contributed by atoms with Crippen LogP contribution in [0.4, 0.5) is 5.82 Å². The Hall–Kier alpha value is -1.61. The summed E-state index contributed by atoms with van der Waals surface area (Å²) in [5.74, 6) is 0.824. The molecular weight excluding hydrogens is 246 g/mol. The standard InChI is InChI=1S/C14H16ClN3/c1-3-6-17-14-13(16-7-8-18-14)12-5-4-11(15)9-10(12)2/h4-5,7-9H,3,6H2,1-2H3,(H,17,18). The number of anilines is 1. The van der Waals surface area contributed by atoms with Gasteiger partial charge in [0, 0.05) is 29.5 Å². The number of nitrogens with zero attached hydrogens (tertiary/aromatic N) is 2. The van der Waals surface area contributed by atoms with Gasteiger partial charge in [-0.05, 0) is 31.0 Å². The average molecular weight is 262 g/mol. The molecule has 0 spiro atoms. The minimum absolute atomic E-state index is 0.739. The third-order valence-electron chi connectivity index (χ3n) is 2.68. The number of rotatable bonds is 4. The molecule has 0 aliphatic rings. The van der Waals surface area contributed by atoms with Crippen molar-refractivity contribution in [2.24, 2.45) is 0 Å². The maximum atomic E-state index is 5.98. The molecular formula is C14H16ClN3. The van der Waals surface area contributed by atoms with Gasteiger partial charge in [-0.25, -0.2) is 4.98 Å². The molecule has 1 aromatic heterocycles. The Bertz CT molecular complexity index is 540. The Morgan fingerprint density at radius 1 is 1.22 bits per heavy atom. The van der Waals surface area contributed by atoms with Crippen LogP contribution < -0.4 is 5.32 Å². The zero-order valence-corrected chi connectivity index (χ0v) is 11.3. The molecule has 0 saturated carbocycles. The van der Waals surface area contributed by atoms with E-state index in [1.54, 1.807) is 12.4 Å². The SMILES string of the molecule is CCCNc1nccnc1-c1ccc(Cl)cc1C. The van der Waals surface area contributed by atoms with Crippen LogP contribution in [0.5, 0.6) is 0 Å². The maximum absolute atomic E-state index is 5.98. The molecule has 1 heterocycles. The Morgan fingerprint density at radius 2 is 2.00 bits per heavy atom. The number of hydrogen-bond donors (Lipinski definition) is 1. The average Bonchev–Trinajstić information content (AvgIpc) is 2.37. The number of halogens is 1. The van der Waals surface area contributed by atoms with E-state index in [1.807, 2.05) is 25.1 Å². The van der Waals surface area contributed by atoms with Crippen molar-refractivity contribution in [2.75, 3.05) is 11.9 Å². The highest BCUT2D eigenvalue weighted by atomic mass is 35.5. The monoisotopic (exact) mass is 261 g/mol. The zero-order chi connectivity index (χ0) is 13.0. The fraction of sp³-hybridized carbons (Fsp3) is 0.286. The summed E-state index contributed by atoms with van der Waals surface area (Å²) in [6.07, 6.45) is 4.46. The van der Waals surface area contributed by atoms with Gasteiger partial charge in [-0.3, -0.25) is 4.98 Å². The highest BCUT2D eigenvalue weighted by molar-refractivity contribution is 6.30. The molecule has 3 nitrogen and oxygen atoms in total. The van der Waals surface area contributed by atoms with E-state index >= 15 is 0 Å². The molecule has 1 aromatic carbocycles. The topological polar surface area (TPSA) is 37.8 Å². The molecule has 0 aliphatic heterocycles. The molecule has 0 amide bonds. The molecule has 0 bridgehead atoms. The summed E-state index contributed by atoms with van der Waals surface area (Å²) in [7, 11) is 0. The molecule has 0 saturated heterocycles. The second-order valence-corrected chi connectivity index (χ2v) is 4.58. The van der Waals surface area contributed by atoms with E-state index in [0.717, 1.165) is 40.6 Å². The second kappa shape index (κ2) is 5.83. The van der Waals surface area contributed by atoms with Crippen LogP contribution in [-0.4, -0.2) is 16.5 Å². The van der Waals surface area contributed by atoms with Crippen molar-refractivity contribution >= 4 is 17.4 Å². The highest BCUT2D eigenvalue weighted by Crippen LogP contribution is 2.28. The predicted octanol–water partition coefficient (Wildman–Crippen LogP) is 3.93. The van der Waals surface area contributed by atoms with E-state index in [1.165, 1.54) is 0 Å². The Morgan fingerprint density at radius 3 is 2.72 bits per heavy atom. The van der Waals surface area contributed by atoms with Crippen molar-refractivity contribution in [1.29, 1.82) is 0 Å². The molecule has 18 heavy (non-hydrogen) atoms. The van der Waals surface area contributed by atoms with Crippen LogP contribution in [0.15, 0.2) is 30.6 Å². The van der Waals surface area contributed by atoms with E-state index < -0.39 is 0 Å². The van der Waals surface area contributed by atoms with Gasteiger partial charge in [-0.2, -0.15) is 0 Å². The lowest BCUT2D eigenvalue weighted by atomic mass is 10.1. The third-order valence-corrected chi connectivity index (χ3v) is 2.92. The fourth-order valence-corrected chi connectivity index (χ4v) is 2.03. The van der Waals surface area contributed by atoms with Crippen LogP contribution in [0.3, 0.4) is 0 Å². The molecule has 4 heteroatoms. The number of benzene rings is 1. The van der Waals surface area contributed by atoms with Crippen molar-refractivity contribution in [3.63, 3.8) is 0 Å². The van der Waals surface area contributed by atoms with Crippen LogP contribution in [0, 0.1) is 6.92 Å². The molecule has 0 radical (unpaired) electrons. The summed E-state index contributed by atoms with van der Waals surface area (Å²) < 4.78 is 0. The van der Waals surface area contributed by atoms with Gasteiger partial charge in [-0.15, -0.1) is 0 Å². The Balaban J connectivity index is 2.43.